The summed E-state index contributed by atoms with van der Waals surface area (Å²) >= 11 is 0. The van der Waals surface area contributed by atoms with Gasteiger partial charge in [-0.3, -0.25) is 4.79 Å². The minimum Gasteiger partial charge on any atom is -0.490 e. The number of hydrogen-bond acceptors (Lipinski definition) is 7. The lowest BCUT2D eigenvalue weighted by Crippen LogP contribution is -2.46. The summed E-state index contributed by atoms with van der Waals surface area (Å²) in [5, 5.41) is 2.73. The van der Waals surface area contributed by atoms with E-state index in [4.69, 9.17) is 22.8 Å². The van der Waals surface area contributed by atoms with E-state index in [0.29, 0.717) is 50.1 Å². The van der Waals surface area contributed by atoms with Gasteiger partial charge >= 0.3 is 14.9 Å². The number of allylic oxidation sites excluding steroid dienone is 1. The van der Waals surface area contributed by atoms with Crippen molar-refractivity contribution in [1.29, 1.82) is 0 Å². The van der Waals surface area contributed by atoms with E-state index < -0.39 is 14.9 Å². The zero-order valence-corrected chi connectivity index (χ0v) is 22.4. The number of hydrogen-bond donors (Lipinski definition) is 1. The standard InChI is InChI=1S/C27H37NO7Si/c1-4-33-36(34-5-2,35-6-3)22-10-19-28-27(30)32-21-20-31-25-16-13-23(14-17-25)15-18-26(29)24-11-8-7-9-12-24/h7-9,11-18H,4-6,10,19-22H2,1-3H3,(H,28,30)/b18-15+. The Morgan fingerprint density at radius 2 is 1.50 bits per heavy atom. The molecule has 0 fully saturated rings. The first-order valence-electron chi connectivity index (χ1n) is 12.3. The first-order valence-corrected chi connectivity index (χ1v) is 14.3. The second-order valence-electron chi connectivity index (χ2n) is 7.63. The van der Waals surface area contributed by atoms with Gasteiger partial charge in [-0.25, -0.2) is 4.79 Å². The molecule has 2 rings (SSSR count). The van der Waals surface area contributed by atoms with E-state index in [9.17, 15) is 9.59 Å². The maximum absolute atomic E-state index is 12.1. The van der Waals surface area contributed by atoms with Crippen LogP contribution < -0.4 is 10.1 Å². The summed E-state index contributed by atoms with van der Waals surface area (Å²) in [5.74, 6) is 0.597. The van der Waals surface area contributed by atoms with Gasteiger partial charge in [0, 0.05) is 38.0 Å². The Hall–Kier alpha value is -2.98. The minimum atomic E-state index is -2.70. The number of rotatable bonds is 17. The van der Waals surface area contributed by atoms with Gasteiger partial charge in [0.15, 0.2) is 5.78 Å². The van der Waals surface area contributed by atoms with Gasteiger partial charge in [0.05, 0.1) is 0 Å². The normalized spacial score (nSPS) is 11.4. The Labute approximate surface area is 214 Å². The number of carbonyl (C=O) groups is 2. The maximum atomic E-state index is 12.1. The van der Waals surface area contributed by atoms with Crippen LogP contribution in [0.15, 0.2) is 60.7 Å². The monoisotopic (exact) mass is 515 g/mol. The van der Waals surface area contributed by atoms with Crippen LogP contribution in [0.5, 0.6) is 5.75 Å². The third-order valence-electron chi connectivity index (χ3n) is 4.97. The van der Waals surface area contributed by atoms with E-state index >= 15 is 0 Å². The highest BCUT2D eigenvalue weighted by atomic mass is 28.4. The van der Waals surface area contributed by atoms with Crippen molar-refractivity contribution >= 4 is 26.8 Å². The molecule has 36 heavy (non-hydrogen) atoms. The molecule has 9 heteroatoms. The summed E-state index contributed by atoms with van der Waals surface area (Å²) in [6.45, 7) is 8.09. The van der Waals surface area contributed by atoms with Crippen LogP contribution in [0.2, 0.25) is 6.04 Å². The largest absolute Gasteiger partial charge is 0.500 e. The zero-order valence-electron chi connectivity index (χ0n) is 21.4. The summed E-state index contributed by atoms with van der Waals surface area (Å²) in [6.07, 6.45) is 3.47. The summed E-state index contributed by atoms with van der Waals surface area (Å²) in [4.78, 5) is 24.1. The number of ether oxygens (including phenoxy) is 2. The molecule has 0 bridgehead atoms. The van der Waals surface area contributed by atoms with Gasteiger partial charge in [-0.15, -0.1) is 0 Å². The molecule has 0 radical (unpaired) electrons. The van der Waals surface area contributed by atoms with Crippen molar-refractivity contribution in [2.24, 2.45) is 0 Å². The van der Waals surface area contributed by atoms with E-state index in [0.717, 1.165) is 5.56 Å². The average molecular weight is 516 g/mol. The third kappa shape index (κ3) is 10.7. The molecule has 2 aromatic rings. The SMILES string of the molecule is CCO[Si](CCCNC(=O)OCCOc1ccc(/C=C/C(=O)c2ccccc2)cc1)(OCC)OCC. The average Bonchev–Trinajstić information content (AvgIpc) is 2.89. The number of benzene rings is 2. The molecule has 0 atom stereocenters. The van der Waals surface area contributed by atoms with Gasteiger partial charge in [-0.05, 0) is 51.0 Å². The summed E-state index contributed by atoms with van der Waals surface area (Å²) < 4.78 is 28.2. The molecule has 0 spiro atoms. The number of alkyl carbamates (subject to hydrolysis) is 1. The molecule has 8 nitrogen and oxygen atoms in total. The Kier molecular flexibility index (Phi) is 13.5. The number of ketones is 1. The third-order valence-corrected chi connectivity index (χ3v) is 8.12. The molecular formula is C27H37NO7Si. The minimum absolute atomic E-state index is 0.0503. The van der Waals surface area contributed by atoms with Crippen molar-refractivity contribution in [1.82, 2.24) is 5.32 Å². The quantitative estimate of drug-likeness (QED) is 0.135. The van der Waals surface area contributed by atoms with Crippen LogP contribution >= 0.6 is 0 Å². The molecule has 0 saturated carbocycles. The predicted molar refractivity (Wildman–Crippen MR) is 141 cm³/mol. The highest BCUT2D eigenvalue weighted by Crippen LogP contribution is 2.18. The maximum Gasteiger partial charge on any atom is 0.500 e. The molecule has 0 aliphatic carbocycles. The molecule has 2 aromatic carbocycles. The van der Waals surface area contributed by atoms with E-state index in [2.05, 4.69) is 5.32 Å². The van der Waals surface area contributed by atoms with Crippen LogP contribution in [-0.4, -0.2) is 60.3 Å². The topological polar surface area (TPSA) is 92.3 Å². The zero-order chi connectivity index (χ0) is 26.1. The molecule has 196 valence electrons. The van der Waals surface area contributed by atoms with Gasteiger partial charge in [0.2, 0.25) is 0 Å². The fourth-order valence-corrected chi connectivity index (χ4v) is 6.00. The molecule has 0 aromatic heterocycles. The van der Waals surface area contributed by atoms with Gasteiger partial charge in [-0.1, -0.05) is 48.5 Å². The van der Waals surface area contributed by atoms with Crippen LogP contribution in [0.4, 0.5) is 4.79 Å². The van der Waals surface area contributed by atoms with Crippen molar-refractivity contribution < 1.29 is 32.3 Å². The first kappa shape index (κ1) is 29.2. The predicted octanol–water partition coefficient (Wildman–Crippen LogP) is 5.13. The number of nitrogens with one attached hydrogen (secondary N) is 1. The van der Waals surface area contributed by atoms with Crippen LogP contribution in [0.3, 0.4) is 0 Å². The summed E-state index contributed by atoms with van der Waals surface area (Å²) in [5.41, 5.74) is 1.53. The van der Waals surface area contributed by atoms with Crippen molar-refractivity contribution in [3.05, 3.63) is 71.8 Å². The van der Waals surface area contributed by atoms with Crippen molar-refractivity contribution in [3.63, 3.8) is 0 Å². The second kappa shape index (κ2) is 16.6. The molecule has 0 aliphatic heterocycles. The Balaban J connectivity index is 1.64. The number of amides is 1. The van der Waals surface area contributed by atoms with Gasteiger partial charge in [0.25, 0.3) is 0 Å². The Bertz CT molecular complexity index is 918. The Morgan fingerprint density at radius 3 is 2.11 bits per heavy atom. The van der Waals surface area contributed by atoms with Gasteiger partial charge < -0.3 is 28.1 Å². The van der Waals surface area contributed by atoms with E-state index in [1.807, 2.05) is 51.1 Å². The van der Waals surface area contributed by atoms with Crippen molar-refractivity contribution in [2.45, 2.75) is 33.2 Å². The highest BCUT2D eigenvalue weighted by molar-refractivity contribution is 6.60. The fraction of sp³-hybridized carbons (Fsp3) is 0.407. The Morgan fingerprint density at radius 1 is 0.861 bits per heavy atom. The smallest absolute Gasteiger partial charge is 0.490 e. The lowest BCUT2D eigenvalue weighted by molar-refractivity contribution is 0.0706. The van der Waals surface area contributed by atoms with Crippen molar-refractivity contribution in [2.75, 3.05) is 39.6 Å². The first-order chi connectivity index (χ1) is 17.5. The highest BCUT2D eigenvalue weighted by Gasteiger charge is 2.39. The lowest BCUT2D eigenvalue weighted by Gasteiger charge is -2.28. The van der Waals surface area contributed by atoms with E-state index in [-0.39, 0.29) is 19.0 Å². The van der Waals surface area contributed by atoms with Crippen LogP contribution in [0.25, 0.3) is 6.08 Å². The van der Waals surface area contributed by atoms with Gasteiger partial charge in [0.1, 0.15) is 19.0 Å². The van der Waals surface area contributed by atoms with Crippen molar-refractivity contribution in [3.8, 4) is 5.75 Å². The van der Waals surface area contributed by atoms with Gasteiger partial charge in [-0.2, -0.15) is 0 Å². The number of carbonyl (C=O) groups excluding carboxylic acids is 2. The molecule has 1 amide bonds. The van der Waals surface area contributed by atoms with Crippen LogP contribution in [-0.2, 0) is 18.0 Å². The van der Waals surface area contributed by atoms with E-state index in [1.54, 1.807) is 36.4 Å². The molecule has 0 heterocycles. The molecule has 1 N–H and O–H groups in total. The van der Waals surface area contributed by atoms with Crippen LogP contribution in [0.1, 0.15) is 43.1 Å². The lowest BCUT2D eigenvalue weighted by atomic mass is 10.1. The van der Waals surface area contributed by atoms with Crippen LogP contribution in [0, 0.1) is 0 Å². The second-order valence-corrected chi connectivity index (χ2v) is 10.4. The molecule has 0 aliphatic rings. The summed E-state index contributed by atoms with van der Waals surface area (Å²) in [7, 11) is -2.70. The molecule has 0 unspecified atom stereocenters. The van der Waals surface area contributed by atoms with E-state index in [1.165, 1.54) is 0 Å². The fourth-order valence-electron chi connectivity index (χ4n) is 3.39. The molecular weight excluding hydrogens is 478 g/mol. The summed E-state index contributed by atoms with van der Waals surface area (Å²) in [6, 6.07) is 17.1. The molecule has 0 saturated heterocycles.